The van der Waals surface area contributed by atoms with Crippen LogP contribution in [0.2, 0.25) is 0 Å². The van der Waals surface area contributed by atoms with Gasteiger partial charge in [-0.25, -0.2) is 0 Å². The highest BCUT2D eigenvalue weighted by atomic mass is 16.4. The van der Waals surface area contributed by atoms with Crippen LogP contribution in [0.15, 0.2) is 24.9 Å². The molecular formula is C17H25N3O2. The number of carboxylic acids is 1. The molecule has 1 aromatic rings. The fourth-order valence-corrected chi connectivity index (χ4v) is 3.58. The van der Waals surface area contributed by atoms with Crippen LogP contribution in [0.3, 0.4) is 0 Å². The van der Waals surface area contributed by atoms with Crippen molar-refractivity contribution < 1.29 is 9.90 Å². The number of piperidine rings is 1. The summed E-state index contributed by atoms with van der Waals surface area (Å²) in [4.78, 5) is 14.0. The highest BCUT2D eigenvalue weighted by Gasteiger charge is 2.40. The van der Waals surface area contributed by atoms with Gasteiger partial charge < -0.3 is 5.11 Å². The molecule has 2 aliphatic rings. The van der Waals surface area contributed by atoms with E-state index in [2.05, 4.69) is 27.3 Å². The summed E-state index contributed by atoms with van der Waals surface area (Å²) in [6.45, 7) is 6.25. The molecule has 1 N–H and O–H groups in total. The third-order valence-electron chi connectivity index (χ3n) is 5.36. The van der Waals surface area contributed by atoms with Gasteiger partial charge in [-0.2, -0.15) is 5.10 Å². The third kappa shape index (κ3) is 2.82. The third-order valence-corrected chi connectivity index (χ3v) is 5.36. The standard InChI is InChI=1S/C17H25N3O2/c1-2-7-17(16(21)22)8-11-19(12-9-17)13-15-6-10-18-20(15)14-4-3-5-14/h2,6,10,14H,1,3-5,7-9,11-13H2,(H,21,22). The summed E-state index contributed by atoms with van der Waals surface area (Å²) >= 11 is 0. The summed E-state index contributed by atoms with van der Waals surface area (Å²) in [6.07, 6.45) is 9.36. The maximum Gasteiger partial charge on any atom is 0.310 e. The molecule has 0 radical (unpaired) electrons. The molecule has 1 aliphatic carbocycles. The van der Waals surface area contributed by atoms with Crippen LogP contribution >= 0.6 is 0 Å². The maximum atomic E-state index is 11.6. The number of likely N-dealkylation sites (tertiary alicyclic amines) is 1. The van der Waals surface area contributed by atoms with Crippen molar-refractivity contribution in [1.82, 2.24) is 14.7 Å². The number of allylic oxidation sites excluding steroid dienone is 1. The predicted octanol–water partition coefficient (Wildman–Crippen LogP) is 2.85. The minimum Gasteiger partial charge on any atom is -0.481 e. The van der Waals surface area contributed by atoms with E-state index in [1.165, 1.54) is 25.0 Å². The van der Waals surface area contributed by atoms with Crippen LogP contribution in [-0.2, 0) is 11.3 Å². The van der Waals surface area contributed by atoms with Crippen molar-refractivity contribution in [2.24, 2.45) is 5.41 Å². The van der Waals surface area contributed by atoms with Gasteiger partial charge in [0.2, 0.25) is 0 Å². The number of carboxylic acid groups (broad SMARTS) is 1. The lowest BCUT2D eigenvalue weighted by molar-refractivity contribution is -0.152. The van der Waals surface area contributed by atoms with Crippen molar-refractivity contribution in [3.63, 3.8) is 0 Å². The SMILES string of the molecule is C=CCC1(C(=O)O)CCN(Cc2ccnn2C2CCC2)CC1. The molecule has 1 saturated heterocycles. The van der Waals surface area contributed by atoms with Gasteiger partial charge in [-0.15, -0.1) is 6.58 Å². The zero-order chi connectivity index (χ0) is 15.6. The Kier molecular flexibility index (Phi) is 4.34. The molecule has 120 valence electrons. The van der Waals surface area contributed by atoms with Gasteiger partial charge in [-0.3, -0.25) is 14.4 Å². The van der Waals surface area contributed by atoms with Crippen molar-refractivity contribution in [2.45, 2.75) is 51.1 Å². The summed E-state index contributed by atoms with van der Waals surface area (Å²) in [5.41, 5.74) is 0.656. The fourth-order valence-electron chi connectivity index (χ4n) is 3.58. The second kappa shape index (κ2) is 6.24. The van der Waals surface area contributed by atoms with E-state index in [1.54, 1.807) is 6.08 Å². The number of nitrogens with zero attached hydrogens (tertiary/aromatic N) is 3. The smallest absolute Gasteiger partial charge is 0.310 e. The summed E-state index contributed by atoms with van der Waals surface area (Å²) in [5, 5.41) is 14.0. The number of aromatic nitrogens is 2. The van der Waals surface area contributed by atoms with Crippen LogP contribution in [0.1, 0.15) is 50.3 Å². The summed E-state index contributed by atoms with van der Waals surface area (Å²) in [5.74, 6) is -0.674. The molecule has 0 aromatic carbocycles. The van der Waals surface area contributed by atoms with Crippen molar-refractivity contribution in [2.75, 3.05) is 13.1 Å². The molecule has 0 atom stereocenters. The van der Waals surface area contributed by atoms with Gasteiger partial charge in [0.25, 0.3) is 0 Å². The summed E-state index contributed by atoms with van der Waals surface area (Å²) in [7, 11) is 0. The Labute approximate surface area is 131 Å². The Morgan fingerprint density at radius 1 is 1.45 bits per heavy atom. The van der Waals surface area contributed by atoms with E-state index in [1.807, 2.05) is 6.20 Å². The molecule has 1 aliphatic heterocycles. The number of rotatable bonds is 6. The maximum absolute atomic E-state index is 11.6. The van der Waals surface area contributed by atoms with Crippen LogP contribution in [-0.4, -0.2) is 38.8 Å². The Morgan fingerprint density at radius 2 is 2.18 bits per heavy atom. The predicted molar refractivity (Wildman–Crippen MR) is 84.5 cm³/mol. The monoisotopic (exact) mass is 303 g/mol. The first-order valence-electron chi connectivity index (χ1n) is 8.24. The lowest BCUT2D eigenvalue weighted by atomic mass is 9.75. The summed E-state index contributed by atoms with van der Waals surface area (Å²) in [6, 6.07) is 2.68. The number of hydrogen-bond donors (Lipinski definition) is 1. The topological polar surface area (TPSA) is 58.4 Å². The lowest BCUT2D eigenvalue weighted by Gasteiger charge is -2.38. The zero-order valence-corrected chi connectivity index (χ0v) is 13.1. The largest absolute Gasteiger partial charge is 0.481 e. The zero-order valence-electron chi connectivity index (χ0n) is 13.1. The molecule has 1 saturated carbocycles. The molecule has 22 heavy (non-hydrogen) atoms. The molecule has 0 amide bonds. The molecule has 2 heterocycles. The molecule has 0 bridgehead atoms. The number of carbonyl (C=O) groups is 1. The van der Waals surface area contributed by atoms with Crippen LogP contribution in [0.25, 0.3) is 0 Å². The lowest BCUT2D eigenvalue weighted by Crippen LogP contribution is -2.44. The summed E-state index contributed by atoms with van der Waals surface area (Å²) < 4.78 is 2.17. The Bertz CT molecular complexity index is 540. The van der Waals surface area contributed by atoms with Gasteiger partial charge in [0, 0.05) is 12.7 Å². The molecule has 0 unspecified atom stereocenters. The highest BCUT2D eigenvalue weighted by molar-refractivity contribution is 5.75. The minimum atomic E-state index is -0.674. The van der Waals surface area contributed by atoms with Crippen LogP contribution in [0.4, 0.5) is 0 Å². The molecule has 3 rings (SSSR count). The van der Waals surface area contributed by atoms with Crippen molar-refractivity contribution in [1.29, 1.82) is 0 Å². The van der Waals surface area contributed by atoms with E-state index in [-0.39, 0.29) is 0 Å². The van der Waals surface area contributed by atoms with Gasteiger partial charge in [-0.1, -0.05) is 6.08 Å². The van der Waals surface area contributed by atoms with Gasteiger partial charge in [0.05, 0.1) is 17.2 Å². The van der Waals surface area contributed by atoms with Crippen LogP contribution in [0.5, 0.6) is 0 Å². The first-order valence-corrected chi connectivity index (χ1v) is 8.24. The van der Waals surface area contributed by atoms with Gasteiger partial charge in [0.1, 0.15) is 0 Å². The fraction of sp³-hybridized carbons (Fsp3) is 0.647. The molecule has 5 heteroatoms. The molecule has 5 nitrogen and oxygen atoms in total. The van der Waals surface area contributed by atoms with Gasteiger partial charge >= 0.3 is 5.97 Å². The van der Waals surface area contributed by atoms with Crippen LogP contribution < -0.4 is 0 Å². The van der Waals surface area contributed by atoms with Gasteiger partial charge in [0.15, 0.2) is 0 Å². The average Bonchev–Trinajstić information content (AvgIpc) is 2.87. The second-order valence-corrected chi connectivity index (χ2v) is 6.71. The molecule has 2 fully saturated rings. The van der Waals surface area contributed by atoms with Crippen LogP contribution in [0, 0.1) is 5.41 Å². The number of hydrogen-bond acceptors (Lipinski definition) is 3. The Balaban J connectivity index is 1.61. The average molecular weight is 303 g/mol. The second-order valence-electron chi connectivity index (χ2n) is 6.71. The minimum absolute atomic E-state index is 0.566. The van der Waals surface area contributed by atoms with E-state index in [9.17, 15) is 9.90 Å². The molecule has 0 spiro atoms. The Hall–Kier alpha value is -1.62. The van der Waals surface area contributed by atoms with Crippen molar-refractivity contribution in [3.8, 4) is 0 Å². The first-order chi connectivity index (χ1) is 10.6. The number of aliphatic carboxylic acids is 1. The van der Waals surface area contributed by atoms with Gasteiger partial charge in [-0.05, 0) is 57.7 Å². The Morgan fingerprint density at radius 3 is 2.73 bits per heavy atom. The van der Waals surface area contributed by atoms with E-state index in [4.69, 9.17) is 0 Å². The van der Waals surface area contributed by atoms with E-state index >= 15 is 0 Å². The normalized spacial score (nSPS) is 22.2. The van der Waals surface area contributed by atoms with E-state index in [0.717, 1.165) is 19.6 Å². The molecular weight excluding hydrogens is 278 g/mol. The van der Waals surface area contributed by atoms with Crippen molar-refractivity contribution in [3.05, 3.63) is 30.6 Å². The highest BCUT2D eigenvalue weighted by Crippen LogP contribution is 2.37. The van der Waals surface area contributed by atoms with E-state index in [0.29, 0.717) is 25.3 Å². The quantitative estimate of drug-likeness (QED) is 0.821. The van der Waals surface area contributed by atoms with Crippen molar-refractivity contribution >= 4 is 5.97 Å². The first kappa shape index (κ1) is 15.3. The molecule has 1 aromatic heterocycles. The van der Waals surface area contributed by atoms with E-state index < -0.39 is 11.4 Å².